The summed E-state index contributed by atoms with van der Waals surface area (Å²) in [5.41, 5.74) is -0.814. The molecule has 1 N–H and O–H groups in total. The number of para-hydroxylation sites is 1. The average Bonchev–Trinajstić information content (AvgIpc) is 2.49. The number of amides is 1. The first-order valence-electron chi connectivity index (χ1n) is 6.34. The lowest BCUT2D eigenvalue weighted by molar-refractivity contribution is 0.0992. The van der Waals surface area contributed by atoms with E-state index in [0.717, 1.165) is 12.1 Å². The molecule has 0 aliphatic heterocycles. The summed E-state index contributed by atoms with van der Waals surface area (Å²) in [6.45, 7) is 0. The van der Waals surface area contributed by atoms with Crippen LogP contribution in [0.25, 0.3) is 10.8 Å². The highest BCUT2D eigenvalue weighted by atomic mass is 19.1. The predicted molar refractivity (Wildman–Crippen MR) is 76.8 cm³/mol. The second-order valence-corrected chi connectivity index (χ2v) is 4.56. The summed E-state index contributed by atoms with van der Waals surface area (Å²) in [7, 11) is 0. The maximum Gasteiger partial charge on any atom is 0.344 e. The van der Waals surface area contributed by atoms with Gasteiger partial charge in [0.25, 0.3) is 5.91 Å². The van der Waals surface area contributed by atoms with Gasteiger partial charge in [0.1, 0.15) is 11.6 Å². The van der Waals surface area contributed by atoms with Crippen LogP contribution in [0.3, 0.4) is 0 Å². The molecule has 0 aliphatic rings. The molecule has 22 heavy (non-hydrogen) atoms. The number of fused-ring (bicyclic) bond motifs is 1. The molecule has 3 aromatic rings. The zero-order valence-corrected chi connectivity index (χ0v) is 11.1. The topological polar surface area (TPSA) is 59.3 Å². The van der Waals surface area contributed by atoms with E-state index in [2.05, 4.69) is 5.32 Å². The van der Waals surface area contributed by atoms with Gasteiger partial charge in [-0.25, -0.2) is 13.6 Å². The summed E-state index contributed by atoms with van der Waals surface area (Å²) in [5, 5.41) is 2.68. The van der Waals surface area contributed by atoms with Crippen LogP contribution in [0.2, 0.25) is 0 Å². The van der Waals surface area contributed by atoms with Gasteiger partial charge in [0.05, 0.1) is 11.1 Å². The van der Waals surface area contributed by atoms with Crippen molar-refractivity contribution in [2.45, 2.75) is 0 Å². The molecule has 4 nitrogen and oxygen atoms in total. The third kappa shape index (κ3) is 2.58. The molecule has 0 bridgehead atoms. The van der Waals surface area contributed by atoms with E-state index < -0.39 is 23.2 Å². The van der Waals surface area contributed by atoms with E-state index in [1.807, 2.05) is 0 Å². The number of carbonyl (C=O) groups is 1. The van der Waals surface area contributed by atoms with E-state index in [1.165, 1.54) is 30.3 Å². The Morgan fingerprint density at radius 3 is 2.59 bits per heavy atom. The van der Waals surface area contributed by atoms with Gasteiger partial charge in [0, 0.05) is 0 Å². The van der Waals surface area contributed by atoms with Crippen molar-refractivity contribution >= 4 is 22.4 Å². The Bertz CT molecular complexity index is 934. The molecule has 0 fully saturated rings. The van der Waals surface area contributed by atoms with E-state index in [1.54, 1.807) is 6.07 Å². The molecule has 0 spiro atoms. The number of hydrogen-bond acceptors (Lipinski definition) is 3. The highest BCUT2D eigenvalue weighted by molar-refractivity contribution is 6.03. The van der Waals surface area contributed by atoms with E-state index in [4.69, 9.17) is 4.42 Å². The van der Waals surface area contributed by atoms with Crippen LogP contribution in [0.5, 0.6) is 0 Å². The normalized spacial score (nSPS) is 10.6. The van der Waals surface area contributed by atoms with Crippen molar-refractivity contribution < 1.29 is 18.0 Å². The van der Waals surface area contributed by atoms with Gasteiger partial charge in [0.2, 0.25) is 0 Å². The quantitative estimate of drug-likeness (QED) is 0.790. The number of nitrogens with one attached hydrogen (secondary N) is 1. The maximum absolute atomic E-state index is 13.5. The molecule has 110 valence electrons. The summed E-state index contributed by atoms with van der Waals surface area (Å²) < 4.78 is 31.6. The number of rotatable bonds is 2. The van der Waals surface area contributed by atoms with Gasteiger partial charge in [-0.1, -0.05) is 12.1 Å². The number of carbonyl (C=O) groups excluding carboxylic acids is 1. The van der Waals surface area contributed by atoms with Gasteiger partial charge >= 0.3 is 5.63 Å². The fourth-order valence-corrected chi connectivity index (χ4v) is 2.02. The number of benzene rings is 2. The molecule has 0 saturated heterocycles. The van der Waals surface area contributed by atoms with Crippen LogP contribution >= 0.6 is 0 Å². The van der Waals surface area contributed by atoms with E-state index in [0.29, 0.717) is 0 Å². The molecule has 0 unspecified atom stereocenters. The van der Waals surface area contributed by atoms with Crippen molar-refractivity contribution in [2.24, 2.45) is 0 Å². The second-order valence-electron chi connectivity index (χ2n) is 4.56. The van der Waals surface area contributed by atoms with Gasteiger partial charge in [-0.2, -0.15) is 0 Å². The van der Waals surface area contributed by atoms with Crippen LogP contribution in [0, 0.1) is 11.6 Å². The molecule has 0 saturated carbocycles. The molecule has 0 aliphatic carbocycles. The Morgan fingerprint density at radius 1 is 1.05 bits per heavy atom. The van der Waals surface area contributed by atoms with Crippen LogP contribution in [0.15, 0.2) is 57.7 Å². The number of halogens is 2. The Morgan fingerprint density at radius 2 is 1.82 bits per heavy atom. The first-order chi connectivity index (χ1) is 10.5. The SMILES string of the molecule is O=C(Nc1ccccc1F)c1cc2cc(F)ccc2c(=O)o1. The van der Waals surface area contributed by atoms with Gasteiger partial charge < -0.3 is 9.73 Å². The lowest BCUT2D eigenvalue weighted by atomic mass is 10.1. The molecule has 0 atom stereocenters. The largest absolute Gasteiger partial charge is 0.417 e. The molecule has 3 rings (SSSR count). The van der Waals surface area contributed by atoms with Crippen molar-refractivity contribution in [2.75, 3.05) is 5.32 Å². The molecule has 1 aromatic heterocycles. The molecular formula is C16H9F2NO3. The zero-order chi connectivity index (χ0) is 15.7. The summed E-state index contributed by atoms with van der Waals surface area (Å²) >= 11 is 0. The smallest absolute Gasteiger partial charge is 0.344 e. The van der Waals surface area contributed by atoms with E-state index in [9.17, 15) is 18.4 Å². The highest BCUT2D eigenvalue weighted by Gasteiger charge is 2.14. The molecule has 0 radical (unpaired) electrons. The van der Waals surface area contributed by atoms with Gasteiger partial charge in [-0.3, -0.25) is 4.79 Å². The lowest BCUT2D eigenvalue weighted by Gasteiger charge is -2.06. The Labute approximate surface area is 123 Å². The van der Waals surface area contributed by atoms with E-state index in [-0.39, 0.29) is 22.2 Å². The van der Waals surface area contributed by atoms with Gasteiger partial charge in [-0.05, 0) is 41.8 Å². The molecule has 1 amide bonds. The minimum Gasteiger partial charge on any atom is -0.417 e. The third-order valence-corrected chi connectivity index (χ3v) is 3.07. The monoisotopic (exact) mass is 301 g/mol. The number of hydrogen-bond donors (Lipinski definition) is 1. The van der Waals surface area contributed by atoms with Crippen molar-refractivity contribution in [1.82, 2.24) is 0 Å². The van der Waals surface area contributed by atoms with Crippen molar-refractivity contribution in [3.05, 3.63) is 76.3 Å². The fourth-order valence-electron chi connectivity index (χ4n) is 2.02. The molecular weight excluding hydrogens is 292 g/mol. The Kier molecular flexibility index (Phi) is 3.42. The lowest BCUT2D eigenvalue weighted by Crippen LogP contribution is -2.15. The molecule has 6 heteroatoms. The average molecular weight is 301 g/mol. The number of anilines is 1. The Balaban J connectivity index is 2.01. The van der Waals surface area contributed by atoms with Gasteiger partial charge in [-0.15, -0.1) is 0 Å². The summed E-state index contributed by atoms with van der Waals surface area (Å²) in [4.78, 5) is 23.8. The van der Waals surface area contributed by atoms with Crippen LogP contribution in [-0.2, 0) is 0 Å². The standard InChI is InChI=1S/C16H9F2NO3/c17-10-5-6-11-9(7-10)8-14(22-16(11)21)15(20)19-13-4-2-1-3-12(13)18/h1-8H,(H,19,20). The van der Waals surface area contributed by atoms with Crippen molar-refractivity contribution in [3.63, 3.8) is 0 Å². The maximum atomic E-state index is 13.5. The predicted octanol–water partition coefficient (Wildman–Crippen LogP) is 3.32. The van der Waals surface area contributed by atoms with Crippen molar-refractivity contribution in [1.29, 1.82) is 0 Å². The first-order valence-corrected chi connectivity index (χ1v) is 6.34. The van der Waals surface area contributed by atoms with Crippen LogP contribution in [-0.4, -0.2) is 5.91 Å². The van der Waals surface area contributed by atoms with Crippen LogP contribution in [0.4, 0.5) is 14.5 Å². The first kappa shape index (κ1) is 13.9. The fraction of sp³-hybridized carbons (Fsp3) is 0. The highest BCUT2D eigenvalue weighted by Crippen LogP contribution is 2.17. The molecule has 2 aromatic carbocycles. The third-order valence-electron chi connectivity index (χ3n) is 3.07. The van der Waals surface area contributed by atoms with Gasteiger partial charge in [0.15, 0.2) is 5.76 Å². The van der Waals surface area contributed by atoms with E-state index >= 15 is 0 Å². The summed E-state index contributed by atoms with van der Waals surface area (Å²) in [5.74, 6) is -2.29. The zero-order valence-electron chi connectivity index (χ0n) is 11.1. The van der Waals surface area contributed by atoms with Crippen LogP contribution in [0.1, 0.15) is 10.6 Å². The molecule has 1 heterocycles. The Hall–Kier alpha value is -3.02. The van der Waals surface area contributed by atoms with Crippen LogP contribution < -0.4 is 10.9 Å². The minimum absolute atomic E-state index is 0.0468. The summed E-state index contributed by atoms with van der Waals surface area (Å²) in [6, 6.07) is 10.3. The second kappa shape index (κ2) is 5.40. The minimum atomic E-state index is -0.798. The summed E-state index contributed by atoms with van der Waals surface area (Å²) in [6.07, 6.45) is 0. The van der Waals surface area contributed by atoms with Crippen molar-refractivity contribution in [3.8, 4) is 0 Å².